The van der Waals surface area contributed by atoms with Crippen LogP contribution in [0.15, 0.2) is 28.8 Å². The second kappa shape index (κ2) is 5.65. The Labute approximate surface area is 112 Å². The summed E-state index contributed by atoms with van der Waals surface area (Å²) in [6.45, 7) is 6.43. The fourth-order valence-corrected chi connectivity index (χ4v) is 1.83. The molecule has 19 heavy (non-hydrogen) atoms. The predicted molar refractivity (Wildman–Crippen MR) is 71.2 cm³/mol. The number of hydrogen-bond donors (Lipinski definition) is 0. The van der Waals surface area contributed by atoms with Gasteiger partial charge in [0.25, 0.3) is 0 Å². The molecule has 0 radical (unpaired) electrons. The first-order valence-electron chi connectivity index (χ1n) is 6.25. The van der Waals surface area contributed by atoms with Crippen molar-refractivity contribution in [2.45, 2.75) is 27.3 Å². The second-order valence-corrected chi connectivity index (χ2v) is 4.41. The molecule has 2 rings (SSSR count). The van der Waals surface area contributed by atoms with Gasteiger partial charge in [-0.1, -0.05) is 28.9 Å². The first kappa shape index (κ1) is 13.3. The summed E-state index contributed by atoms with van der Waals surface area (Å²) in [5.41, 5.74) is 2.06. The molecule has 1 aromatic carbocycles. The van der Waals surface area contributed by atoms with Gasteiger partial charge in [0.15, 0.2) is 0 Å². The molecule has 0 aliphatic carbocycles. The Morgan fingerprint density at radius 3 is 2.84 bits per heavy atom. The Morgan fingerprint density at radius 2 is 2.21 bits per heavy atom. The molecule has 1 aromatic heterocycles. The van der Waals surface area contributed by atoms with Gasteiger partial charge < -0.3 is 9.42 Å². The standard InChI is InChI=1S/C14H17N3O2/c1-4-17(11(3)18)9-13-15-14(16-19-13)12-7-5-6-10(2)8-12/h5-8H,4,9H2,1-3H3. The van der Waals surface area contributed by atoms with Crippen LogP contribution < -0.4 is 0 Å². The maximum Gasteiger partial charge on any atom is 0.246 e. The van der Waals surface area contributed by atoms with Crippen molar-refractivity contribution >= 4 is 5.91 Å². The highest BCUT2D eigenvalue weighted by atomic mass is 16.5. The van der Waals surface area contributed by atoms with Crippen LogP contribution in [0, 0.1) is 6.92 Å². The van der Waals surface area contributed by atoms with Crippen LogP contribution in [0.4, 0.5) is 0 Å². The molecule has 0 saturated carbocycles. The number of benzene rings is 1. The van der Waals surface area contributed by atoms with Crippen LogP contribution >= 0.6 is 0 Å². The third kappa shape index (κ3) is 3.19. The van der Waals surface area contributed by atoms with Crippen LogP contribution in [-0.2, 0) is 11.3 Å². The number of aromatic nitrogens is 2. The number of amides is 1. The fraction of sp³-hybridized carbons (Fsp3) is 0.357. The van der Waals surface area contributed by atoms with Gasteiger partial charge in [0.2, 0.25) is 17.6 Å². The highest BCUT2D eigenvalue weighted by molar-refractivity contribution is 5.73. The van der Waals surface area contributed by atoms with E-state index < -0.39 is 0 Å². The van der Waals surface area contributed by atoms with E-state index in [2.05, 4.69) is 10.1 Å². The second-order valence-electron chi connectivity index (χ2n) is 4.41. The van der Waals surface area contributed by atoms with Crippen molar-refractivity contribution in [3.8, 4) is 11.4 Å². The number of carbonyl (C=O) groups excluding carboxylic acids is 1. The van der Waals surface area contributed by atoms with Crippen molar-refractivity contribution in [2.75, 3.05) is 6.54 Å². The minimum Gasteiger partial charge on any atom is -0.337 e. The van der Waals surface area contributed by atoms with E-state index in [1.54, 1.807) is 4.90 Å². The molecule has 0 saturated heterocycles. The number of carbonyl (C=O) groups is 1. The molecule has 0 fully saturated rings. The quantitative estimate of drug-likeness (QED) is 0.846. The smallest absolute Gasteiger partial charge is 0.246 e. The van der Waals surface area contributed by atoms with Gasteiger partial charge in [0.1, 0.15) is 0 Å². The summed E-state index contributed by atoms with van der Waals surface area (Å²) in [7, 11) is 0. The fourth-order valence-electron chi connectivity index (χ4n) is 1.83. The number of nitrogens with zero attached hydrogens (tertiary/aromatic N) is 3. The molecule has 2 aromatic rings. The molecule has 5 heteroatoms. The molecule has 0 atom stereocenters. The number of hydrogen-bond acceptors (Lipinski definition) is 4. The van der Waals surface area contributed by atoms with Crippen LogP contribution in [0.2, 0.25) is 0 Å². The summed E-state index contributed by atoms with van der Waals surface area (Å²) in [5, 5.41) is 3.95. The molecule has 0 aliphatic rings. The average molecular weight is 259 g/mol. The molecule has 1 heterocycles. The molecule has 0 unspecified atom stereocenters. The minimum atomic E-state index is -0.00203. The monoisotopic (exact) mass is 259 g/mol. The van der Waals surface area contributed by atoms with Crippen molar-refractivity contribution in [3.05, 3.63) is 35.7 Å². The van der Waals surface area contributed by atoms with Gasteiger partial charge >= 0.3 is 0 Å². The van der Waals surface area contributed by atoms with E-state index in [1.165, 1.54) is 6.92 Å². The lowest BCUT2D eigenvalue weighted by molar-refractivity contribution is -0.129. The van der Waals surface area contributed by atoms with Gasteiger partial charge in [-0.15, -0.1) is 0 Å². The van der Waals surface area contributed by atoms with Gasteiger partial charge in [-0.25, -0.2) is 0 Å². The van der Waals surface area contributed by atoms with E-state index in [0.717, 1.165) is 11.1 Å². The molecule has 0 aliphatic heterocycles. The molecule has 0 N–H and O–H groups in total. The minimum absolute atomic E-state index is 0.00203. The van der Waals surface area contributed by atoms with Crippen molar-refractivity contribution in [1.82, 2.24) is 15.0 Å². The highest BCUT2D eigenvalue weighted by Gasteiger charge is 2.13. The lowest BCUT2D eigenvalue weighted by Crippen LogP contribution is -2.27. The zero-order valence-corrected chi connectivity index (χ0v) is 11.4. The lowest BCUT2D eigenvalue weighted by atomic mass is 10.1. The van der Waals surface area contributed by atoms with E-state index >= 15 is 0 Å². The summed E-state index contributed by atoms with van der Waals surface area (Å²) in [4.78, 5) is 17.3. The van der Waals surface area contributed by atoms with Gasteiger partial charge in [-0.2, -0.15) is 4.98 Å². The maximum absolute atomic E-state index is 11.3. The number of aryl methyl sites for hydroxylation is 1. The van der Waals surface area contributed by atoms with E-state index in [0.29, 0.717) is 24.8 Å². The third-order valence-electron chi connectivity index (χ3n) is 2.90. The van der Waals surface area contributed by atoms with Crippen molar-refractivity contribution in [2.24, 2.45) is 0 Å². The largest absolute Gasteiger partial charge is 0.337 e. The highest BCUT2D eigenvalue weighted by Crippen LogP contribution is 2.17. The van der Waals surface area contributed by atoms with Crippen LogP contribution in [0.1, 0.15) is 25.3 Å². The Kier molecular flexibility index (Phi) is 3.94. The van der Waals surface area contributed by atoms with Gasteiger partial charge in [-0.05, 0) is 19.9 Å². The summed E-state index contributed by atoms with van der Waals surface area (Å²) < 4.78 is 5.19. The first-order valence-corrected chi connectivity index (χ1v) is 6.25. The van der Waals surface area contributed by atoms with E-state index in [9.17, 15) is 4.79 Å². The molecular weight excluding hydrogens is 242 g/mol. The predicted octanol–water partition coefficient (Wildman–Crippen LogP) is 2.41. The zero-order valence-electron chi connectivity index (χ0n) is 11.4. The Balaban J connectivity index is 2.17. The van der Waals surface area contributed by atoms with Crippen LogP contribution in [0.5, 0.6) is 0 Å². The summed E-state index contributed by atoms with van der Waals surface area (Å²) in [5.74, 6) is 1.00. The van der Waals surface area contributed by atoms with E-state index in [4.69, 9.17) is 4.52 Å². The summed E-state index contributed by atoms with van der Waals surface area (Å²) >= 11 is 0. The van der Waals surface area contributed by atoms with Gasteiger partial charge in [0.05, 0.1) is 6.54 Å². The number of rotatable bonds is 4. The van der Waals surface area contributed by atoms with Crippen LogP contribution in [0.25, 0.3) is 11.4 Å². The molecule has 0 bridgehead atoms. The normalized spacial score (nSPS) is 10.5. The molecule has 100 valence electrons. The lowest BCUT2D eigenvalue weighted by Gasteiger charge is -2.15. The SMILES string of the molecule is CCN(Cc1nc(-c2cccc(C)c2)no1)C(C)=O. The molecule has 0 spiro atoms. The average Bonchev–Trinajstić information content (AvgIpc) is 2.84. The van der Waals surface area contributed by atoms with Gasteiger partial charge in [0, 0.05) is 19.0 Å². The first-order chi connectivity index (χ1) is 9.10. The van der Waals surface area contributed by atoms with Crippen molar-refractivity contribution in [1.29, 1.82) is 0 Å². The maximum atomic E-state index is 11.3. The van der Waals surface area contributed by atoms with E-state index in [-0.39, 0.29) is 5.91 Å². The van der Waals surface area contributed by atoms with Crippen molar-refractivity contribution in [3.63, 3.8) is 0 Å². The van der Waals surface area contributed by atoms with Crippen LogP contribution in [0.3, 0.4) is 0 Å². The molecule has 5 nitrogen and oxygen atoms in total. The Bertz CT molecular complexity index is 578. The van der Waals surface area contributed by atoms with E-state index in [1.807, 2.05) is 38.1 Å². The third-order valence-corrected chi connectivity index (χ3v) is 2.90. The topological polar surface area (TPSA) is 59.2 Å². The van der Waals surface area contributed by atoms with Crippen LogP contribution in [-0.4, -0.2) is 27.5 Å². The zero-order chi connectivity index (χ0) is 13.8. The van der Waals surface area contributed by atoms with Crippen molar-refractivity contribution < 1.29 is 9.32 Å². The molecule has 1 amide bonds. The Morgan fingerprint density at radius 1 is 1.42 bits per heavy atom. The summed E-state index contributed by atoms with van der Waals surface area (Å²) in [6.07, 6.45) is 0. The summed E-state index contributed by atoms with van der Waals surface area (Å²) in [6, 6.07) is 7.90. The molecular formula is C14H17N3O2. The Hall–Kier alpha value is -2.17. The van der Waals surface area contributed by atoms with Gasteiger partial charge in [-0.3, -0.25) is 4.79 Å².